The van der Waals surface area contributed by atoms with Gasteiger partial charge in [0.15, 0.2) is 0 Å². The van der Waals surface area contributed by atoms with Crippen molar-refractivity contribution in [3.63, 3.8) is 0 Å². The average molecular weight is 267 g/mol. The van der Waals surface area contributed by atoms with Gasteiger partial charge in [-0.2, -0.15) is 0 Å². The number of piperidine rings is 1. The third-order valence-electron chi connectivity index (χ3n) is 5.11. The summed E-state index contributed by atoms with van der Waals surface area (Å²) < 4.78 is 0. The van der Waals surface area contributed by atoms with Crippen LogP contribution in [0, 0.1) is 11.8 Å². The van der Waals surface area contributed by atoms with Crippen molar-refractivity contribution in [2.75, 3.05) is 27.2 Å². The summed E-state index contributed by atoms with van der Waals surface area (Å²) in [5, 5.41) is 0. The first-order chi connectivity index (χ1) is 9.00. The van der Waals surface area contributed by atoms with Gasteiger partial charge in [0.25, 0.3) is 0 Å². The predicted molar refractivity (Wildman–Crippen MR) is 77.8 cm³/mol. The molecule has 0 aromatic rings. The van der Waals surface area contributed by atoms with Crippen LogP contribution in [0.2, 0.25) is 0 Å². The van der Waals surface area contributed by atoms with E-state index in [4.69, 9.17) is 5.73 Å². The fraction of sp³-hybridized carbons (Fsp3) is 0.933. The zero-order chi connectivity index (χ0) is 14.0. The summed E-state index contributed by atoms with van der Waals surface area (Å²) in [7, 11) is 4.11. The van der Waals surface area contributed by atoms with Crippen LogP contribution < -0.4 is 5.73 Å². The molecule has 4 nitrogen and oxygen atoms in total. The highest BCUT2D eigenvalue weighted by Gasteiger charge is 2.36. The van der Waals surface area contributed by atoms with Gasteiger partial charge in [0.2, 0.25) is 5.91 Å². The Morgan fingerprint density at radius 3 is 2.68 bits per heavy atom. The van der Waals surface area contributed by atoms with E-state index in [1.807, 2.05) is 11.9 Å². The highest BCUT2D eigenvalue weighted by Crippen LogP contribution is 2.30. The van der Waals surface area contributed by atoms with Gasteiger partial charge in [0.05, 0.1) is 5.92 Å². The van der Waals surface area contributed by atoms with Crippen molar-refractivity contribution in [2.24, 2.45) is 17.6 Å². The quantitative estimate of drug-likeness (QED) is 0.820. The Bertz CT molecular complexity index is 321. The van der Waals surface area contributed by atoms with Gasteiger partial charge >= 0.3 is 0 Å². The van der Waals surface area contributed by atoms with E-state index >= 15 is 0 Å². The molecule has 4 atom stereocenters. The summed E-state index contributed by atoms with van der Waals surface area (Å²) in [6.07, 6.45) is 5.59. The molecule has 1 saturated carbocycles. The zero-order valence-corrected chi connectivity index (χ0v) is 12.6. The molecule has 0 radical (unpaired) electrons. The summed E-state index contributed by atoms with van der Waals surface area (Å²) in [5.41, 5.74) is 6.26. The van der Waals surface area contributed by atoms with Crippen LogP contribution in [-0.2, 0) is 4.79 Å². The third kappa shape index (κ3) is 3.29. The Labute approximate surface area is 117 Å². The molecular weight excluding hydrogens is 238 g/mol. The largest absolute Gasteiger partial charge is 0.341 e. The molecule has 2 fully saturated rings. The van der Waals surface area contributed by atoms with Crippen molar-refractivity contribution in [3.8, 4) is 0 Å². The standard InChI is InChI=1S/C15H29N3O/c1-11-6-4-8-13(14(11)16)15(19)18(3)12-7-5-9-17(2)10-12/h11-14H,4-10,16H2,1-3H3. The van der Waals surface area contributed by atoms with E-state index in [-0.39, 0.29) is 17.9 Å². The topological polar surface area (TPSA) is 49.6 Å². The van der Waals surface area contributed by atoms with Crippen LogP contribution in [0.1, 0.15) is 39.0 Å². The SMILES string of the molecule is CC1CCCC(C(=O)N(C)C2CCCN(C)C2)C1N. The second kappa shape index (κ2) is 6.23. The average Bonchev–Trinajstić information content (AvgIpc) is 2.40. The first-order valence-electron chi connectivity index (χ1n) is 7.71. The first kappa shape index (κ1) is 14.8. The Morgan fingerprint density at radius 2 is 2.00 bits per heavy atom. The minimum Gasteiger partial charge on any atom is -0.341 e. The fourth-order valence-corrected chi connectivity index (χ4v) is 3.63. The number of rotatable bonds is 2. The van der Waals surface area contributed by atoms with Crippen molar-refractivity contribution in [2.45, 2.75) is 51.1 Å². The van der Waals surface area contributed by atoms with Gasteiger partial charge in [0, 0.05) is 25.7 Å². The van der Waals surface area contributed by atoms with Gasteiger partial charge in [-0.25, -0.2) is 0 Å². The molecule has 4 unspecified atom stereocenters. The molecule has 1 aliphatic heterocycles. The van der Waals surface area contributed by atoms with Gasteiger partial charge < -0.3 is 15.5 Å². The first-order valence-corrected chi connectivity index (χ1v) is 7.71. The monoisotopic (exact) mass is 267 g/mol. The van der Waals surface area contributed by atoms with Crippen molar-refractivity contribution in [3.05, 3.63) is 0 Å². The number of nitrogens with two attached hydrogens (primary N) is 1. The van der Waals surface area contributed by atoms with Crippen LogP contribution in [0.15, 0.2) is 0 Å². The normalized spacial score (nSPS) is 37.1. The number of hydrogen-bond acceptors (Lipinski definition) is 3. The van der Waals surface area contributed by atoms with Crippen LogP contribution in [0.5, 0.6) is 0 Å². The molecule has 1 saturated heterocycles. The Hall–Kier alpha value is -0.610. The fourth-order valence-electron chi connectivity index (χ4n) is 3.63. The highest BCUT2D eigenvalue weighted by atomic mass is 16.2. The molecule has 0 spiro atoms. The lowest BCUT2D eigenvalue weighted by molar-refractivity contribution is -0.139. The molecule has 4 heteroatoms. The third-order valence-corrected chi connectivity index (χ3v) is 5.11. The summed E-state index contributed by atoms with van der Waals surface area (Å²) in [6.45, 7) is 4.33. The van der Waals surface area contributed by atoms with E-state index in [1.165, 1.54) is 12.8 Å². The van der Waals surface area contributed by atoms with Gasteiger partial charge in [-0.05, 0) is 45.2 Å². The summed E-state index contributed by atoms with van der Waals surface area (Å²) in [4.78, 5) is 17.0. The van der Waals surface area contributed by atoms with Crippen LogP contribution in [0.4, 0.5) is 0 Å². The second-order valence-electron chi connectivity index (χ2n) is 6.60. The number of carbonyl (C=O) groups is 1. The van der Waals surface area contributed by atoms with E-state index < -0.39 is 0 Å². The van der Waals surface area contributed by atoms with E-state index in [9.17, 15) is 4.79 Å². The van der Waals surface area contributed by atoms with E-state index in [1.54, 1.807) is 0 Å². The van der Waals surface area contributed by atoms with Gasteiger partial charge in [-0.1, -0.05) is 13.3 Å². The Morgan fingerprint density at radius 1 is 1.26 bits per heavy atom. The number of likely N-dealkylation sites (N-methyl/N-ethyl adjacent to an activating group) is 2. The van der Waals surface area contributed by atoms with Gasteiger partial charge in [-0.3, -0.25) is 4.79 Å². The maximum absolute atomic E-state index is 12.7. The summed E-state index contributed by atoms with van der Waals surface area (Å²) >= 11 is 0. The zero-order valence-electron chi connectivity index (χ0n) is 12.6. The molecule has 110 valence electrons. The second-order valence-corrected chi connectivity index (χ2v) is 6.60. The minimum absolute atomic E-state index is 0.0426. The molecular formula is C15H29N3O. The summed E-state index contributed by atoms with van der Waals surface area (Å²) in [5.74, 6) is 0.797. The molecule has 2 rings (SSSR count). The lowest BCUT2D eigenvalue weighted by Crippen LogP contribution is -2.53. The van der Waals surface area contributed by atoms with Crippen LogP contribution in [0.25, 0.3) is 0 Å². The van der Waals surface area contributed by atoms with Crippen molar-refractivity contribution in [1.82, 2.24) is 9.80 Å². The van der Waals surface area contributed by atoms with E-state index in [0.29, 0.717) is 12.0 Å². The molecule has 2 aliphatic rings. The maximum atomic E-state index is 12.7. The highest BCUT2D eigenvalue weighted by molar-refractivity contribution is 5.79. The lowest BCUT2D eigenvalue weighted by Gasteiger charge is -2.40. The smallest absolute Gasteiger partial charge is 0.227 e. The minimum atomic E-state index is 0.0426. The Kier molecular flexibility index (Phi) is 4.85. The van der Waals surface area contributed by atoms with Crippen LogP contribution in [-0.4, -0.2) is 55.0 Å². The molecule has 1 amide bonds. The number of carbonyl (C=O) groups excluding carboxylic acids is 1. The molecule has 1 heterocycles. The van der Waals surface area contributed by atoms with Gasteiger partial charge in [0.1, 0.15) is 0 Å². The molecule has 19 heavy (non-hydrogen) atoms. The number of nitrogens with zero attached hydrogens (tertiary/aromatic N) is 2. The van der Waals surface area contributed by atoms with Crippen molar-refractivity contribution >= 4 is 5.91 Å². The van der Waals surface area contributed by atoms with Crippen LogP contribution in [0.3, 0.4) is 0 Å². The Balaban J connectivity index is 1.97. The lowest BCUT2D eigenvalue weighted by atomic mass is 9.77. The molecule has 0 aromatic heterocycles. The van der Waals surface area contributed by atoms with Gasteiger partial charge in [-0.15, -0.1) is 0 Å². The number of amides is 1. The molecule has 0 bridgehead atoms. The van der Waals surface area contributed by atoms with E-state index in [0.717, 1.165) is 32.4 Å². The number of hydrogen-bond donors (Lipinski definition) is 1. The number of likely N-dealkylation sites (tertiary alicyclic amines) is 1. The van der Waals surface area contributed by atoms with Crippen molar-refractivity contribution in [1.29, 1.82) is 0 Å². The molecule has 2 N–H and O–H groups in total. The maximum Gasteiger partial charge on any atom is 0.227 e. The van der Waals surface area contributed by atoms with E-state index in [2.05, 4.69) is 18.9 Å². The molecule has 1 aliphatic carbocycles. The predicted octanol–water partition coefficient (Wildman–Crippen LogP) is 1.30. The summed E-state index contributed by atoms with van der Waals surface area (Å²) in [6, 6.07) is 0.417. The van der Waals surface area contributed by atoms with Crippen molar-refractivity contribution < 1.29 is 4.79 Å². The van der Waals surface area contributed by atoms with Crippen LogP contribution >= 0.6 is 0 Å². The molecule has 0 aromatic carbocycles.